The molecule has 0 radical (unpaired) electrons. The minimum Gasteiger partial charge on any atom is -0.481 e. The van der Waals surface area contributed by atoms with Gasteiger partial charge in [0.2, 0.25) is 5.95 Å². The first-order valence-corrected chi connectivity index (χ1v) is 13.2. The number of anilines is 3. The van der Waals surface area contributed by atoms with Crippen LogP contribution in [-0.4, -0.2) is 64.3 Å². The monoisotopic (exact) mass is 558 g/mol. The molecule has 1 N–H and O–H groups in total. The van der Waals surface area contributed by atoms with E-state index in [9.17, 15) is 22.4 Å². The van der Waals surface area contributed by atoms with Crippen molar-refractivity contribution in [3.63, 3.8) is 0 Å². The van der Waals surface area contributed by atoms with Gasteiger partial charge in [0, 0.05) is 56.1 Å². The molecule has 212 valence electrons. The third kappa shape index (κ3) is 5.80. The average molecular weight is 559 g/mol. The molecular weight excluding hydrogens is 528 g/mol. The Morgan fingerprint density at radius 3 is 2.40 bits per heavy atom. The summed E-state index contributed by atoms with van der Waals surface area (Å²) >= 11 is 0. The normalized spacial score (nSPS) is 19.8. The molecule has 2 aliphatic heterocycles. The van der Waals surface area contributed by atoms with Gasteiger partial charge in [-0.1, -0.05) is 0 Å². The maximum atomic E-state index is 13.9. The number of aliphatic carboxylic acids is 1. The van der Waals surface area contributed by atoms with Gasteiger partial charge in [0.05, 0.1) is 17.7 Å². The first kappa shape index (κ1) is 27.6. The zero-order chi connectivity index (χ0) is 28.6. The number of pyridine rings is 1. The summed E-state index contributed by atoms with van der Waals surface area (Å²) in [6.07, 6.45) is -1.99. The molecule has 2 aliphatic rings. The molecule has 0 saturated carbocycles. The molecule has 2 aromatic heterocycles. The van der Waals surface area contributed by atoms with Crippen LogP contribution >= 0.6 is 0 Å². The highest BCUT2D eigenvalue weighted by Gasteiger charge is 2.38. The Hall–Kier alpha value is -3.96. The van der Waals surface area contributed by atoms with Crippen LogP contribution in [0.4, 0.5) is 35.1 Å². The van der Waals surface area contributed by atoms with Gasteiger partial charge in [0.25, 0.3) is 0 Å². The maximum Gasteiger partial charge on any atom is 0.419 e. The van der Waals surface area contributed by atoms with Crippen LogP contribution in [0.1, 0.15) is 37.8 Å². The van der Waals surface area contributed by atoms with Crippen molar-refractivity contribution >= 4 is 23.6 Å². The van der Waals surface area contributed by atoms with Crippen LogP contribution in [0.5, 0.6) is 0 Å². The number of alkyl halides is 3. The number of piperazine rings is 1. The highest BCUT2D eigenvalue weighted by molar-refractivity contribution is 5.70. The van der Waals surface area contributed by atoms with E-state index in [0.717, 1.165) is 31.0 Å². The van der Waals surface area contributed by atoms with Crippen LogP contribution in [0.2, 0.25) is 0 Å². The van der Waals surface area contributed by atoms with Crippen LogP contribution < -0.4 is 14.7 Å². The van der Waals surface area contributed by atoms with E-state index in [-0.39, 0.29) is 42.4 Å². The Balaban J connectivity index is 1.45. The third-order valence-corrected chi connectivity index (χ3v) is 7.46. The molecule has 0 aliphatic carbocycles. The lowest BCUT2D eigenvalue weighted by Crippen LogP contribution is -2.53. The largest absolute Gasteiger partial charge is 0.481 e. The molecule has 5 rings (SSSR count). The van der Waals surface area contributed by atoms with E-state index in [0.29, 0.717) is 24.0 Å². The number of benzene rings is 1. The van der Waals surface area contributed by atoms with Gasteiger partial charge in [-0.2, -0.15) is 18.2 Å². The average Bonchev–Trinajstić information content (AvgIpc) is 3.33. The minimum absolute atomic E-state index is 0.00626. The highest BCUT2D eigenvalue weighted by Crippen LogP contribution is 2.37. The van der Waals surface area contributed by atoms with E-state index in [1.165, 1.54) is 18.3 Å². The molecule has 8 nitrogen and oxygen atoms in total. The van der Waals surface area contributed by atoms with Crippen molar-refractivity contribution in [1.82, 2.24) is 15.0 Å². The van der Waals surface area contributed by atoms with Gasteiger partial charge in [-0.25, -0.2) is 14.4 Å². The van der Waals surface area contributed by atoms with E-state index in [1.807, 2.05) is 17.9 Å². The first-order valence-electron chi connectivity index (χ1n) is 13.2. The fraction of sp³-hybridized carbons (Fsp3) is 0.429. The van der Waals surface area contributed by atoms with Crippen molar-refractivity contribution in [3.05, 3.63) is 59.5 Å². The smallest absolute Gasteiger partial charge is 0.419 e. The zero-order valence-corrected chi connectivity index (χ0v) is 22.2. The van der Waals surface area contributed by atoms with Gasteiger partial charge < -0.3 is 19.8 Å². The van der Waals surface area contributed by atoms with Crippen molar-refractivity contribution in [3.8, 4) is 11.3 Å². The summed E-state index contributed by atoms with van der Waals surface area (Å²) in [5.41, 5.74) is 0.430. The van der Waals surface area contributed by atoms with Crippen LogP contribution in [0, 0.1) is 5.82 Å². The Morgan fingerprint density at radius 1 is 1.02 bits per heavy atom. The molecule has 2 fully saturated rings. The fourth-order valence-electron chi connectivity index (χ4n) is 5.42. The van der Waals surface area contributed by atoms with Gasteiger partial charge >= 0.3 is 12.1 Å². The number of carboxylic acids is 1. The van der Waals surface area contributed by atoms with Crippen molar-refractivity contribution in [2.75, 3.05) is 40.9 Å². The number of aromatic nitrogens is 3. The van der Waals surface area contributed by atoms with Gasteiger partial charge in [0.15, 0.2) is 0 Å². The second kappa shape index (κ2) is 10.9. The standard InChI is InChI=1S/C28H30F4N6O2/c1-17-4-3-9-38(17)27-34-23(20-5-7-21(29)8-6-20)14-24(35-27)37-11-10-36(16-18(37)2)26-22(28(30,31)32)12-19(15-33-26)13-25(39)40/h5-8,12,14-15,17-18H,3-4,9-11,13,16H2,1-2H3,(H,39,40)/t17-,18+/m0/s1. The Morgan fingerprint density at radius 2 is 1.77 bits per heavy atom. The summed E-state index contributed by atoms with van der Waals surface area (Å²) in [6, 6.07) is 8.83. The SMILES string of the molecule is C[C@@H]1CN(c2ncc(CC(=O)O)cc2C(F)(F)F)CCN1c1cc(-c2ccc(F)cc2)nc(N2CCC[C@@H]2C)n1. The molecule has 3 aromatic rings. The predicted octanol–water partition coefficient (Wildman–Crippen LogP) is 5.03. The summed E-state index contributed by atoms with van der Waals surface area (Å²) in [4.78, 5) is 30.5. The molecule has 0 spiro atoms. The molecule has 0 unspecified atom stereocenters. The summed E-state index contributed by atoms with van der Waals surface area (Å²) < 4.78 is 55.4. The molecule has 12 heteroatoms. The van der Waals surface area contributed by atoms with Crippen molar-refractivity contribution < 1.29 is 27.5 Å². The van der Waals surface area contributed by atoms with Crippen molar-refractivity contribution in [2.24, 2.45) is 0 Å². The lowest BCUT2D eigenvalue weighted by molar-refractivity contribution is -0.138. The minimum atomic E-state index is -4.69. The molecular formula is C28H30F4N6O2. The highest BCUT2D eigenvalue weighted by atomic mass is 19.4. The predicted molar refractivity (Wildman–Crippen MR) is 143 cm³/mol. The van der Waals surface area contributed by atoms with E-state index in [2.05, 4.69) is 16.8 Å². The van der Waals surface area contributed by atoms with E-state index in [1.54, 1.807) is 17.0 Å². The van der Waals surface area contributed by atoms with Crippen LogP contribution in [0.15, 0.2) is 42.6 Å². The maximum absolute atomic E-state index is 13.9. The molecule has 2 saturated heterocycles. The van der Waals surface area contributed by atoms with Crippen molar-refractivity contribution in [2.45, 2.75) is 51.4 Å². The van der Waals surface area contributed by atoms with Gasteiger partial charge in [-0.3, -0.25) is 4.79 Å². The Bertz CT molecular complexity index is 1380. The van der Waals surface area contributed by atoms with E-state index in [4.69, 9.17) is 15.1 Å². The van der Waals surface area contributed by atoms with E-state index < -0.39 is 24.1 Å². The van der Waals surface area contributed by atoms with Crippen molar-refractivity contribution in [1.29, 1.82) is 0 Å². The summed E-state index contributed by atoms with van der Waals surface area (Å²) in [5, 5.41) is 9.00. The number of halogens is 4. The summed E-state index contributed by atoms with van der Waals surface area (Å²) in [6.45, 7) is 5.74. The number of nitrogens with zero attached hydrogens (tertiary/aromatic N) is 6. The lowest BCUT2D eigenvalue weighted by atomic mass is 10.1. The molecule has 2 atom stereocenters. The Kier molecular flexibility index (Phi) is 7.52. The van der Waals surface area contributed by atoms with Crippen LogP contribution in [0.25, 0.3) is 11.3 Å². The zero-order valence-electron chi connectivity index (χ0n) is 22.2. The molecule has 40 heavy (non-hydrogen) atoms. The summed E-state index contributed by atoms with van der Waals surface area (Å²) in [7, 11) is 0. The molecule has 0 bridgehead atoms. The first-order chi connectivity index (χ1) is 19.0. The lowest BCUT2D eigenvalue weighted by Gasteiger charge is -2.42. The summed E-state index contributed by atoms with van der Waals surface area (Å²) in [5.74, 6) is -0.561. The topological polar surface area (TPSA) is 85.7 Å². The molecule has 0 amide bonds. The van der Waals surface area contributed by atoms with E-state index >= 15 is 0 Å². The fourth-order valence-corrected chi connectivity index (χ4v) is 5.42. The second-order valence-corrected chi connectivity index (χ2v) is 10.4. The van der Waals surface area contributed by atoms with Crippen LogP contribution in [-0.2, 0) is 17.4 Å². The number of carboxylic acid groups (broad SMARTS) is 1. The third-order valence-electron chi connectivity index (χ3n) is 7.46. The van der Waals surface area contributed by atoms with Gasteiger partial charge in [0.1, 0.15) is 17.5 Å². The number of hydrogen-bond donors (Lipinski definition) is 1. The second-order valence-electron chi connectivity index (χ2n) is 10.4. The van der Waals surface area contributed by atoms with Crippen LogP contribution in [0.3, 0.4) is 0 Å². The van der Waals surface area contributed by atoms with Gasteiger partial charge in [-0.15, -0.1) is 0 Å². The molecule has 4 heterocycles. The number of carbonyl (C=O) groups is 1. The van der Waals surface area contributed by atoms with Gasteiger partial charge in [-0.05, 0) is 62.6 Å². The Labute approximate surface area is 229 Å². The quantitative estimate of drug-likeness (QED) is 0.422. The molecule has 1 aromatic carbocycles. The number of rotatable bonds is 6. The number of hydrogen-bond acceptors (Lipinski definition) is 7.